The largest absolute Gasteiger partial charge is 0.449 e. The van der Waals surface area contributed by atoms with Gasteiger partial charge in [-0.15, -0.1) is 0 Å². The molecule has 1 atom stereocenters. The molecular weight excluding hydrogens is 380 g/mol. The molecule has 0 heterocycles. The topological polar surface area (TPSA) is 92.8 Å². The predicted molar refractivity (Wildman–Crippen MR) is 107 cm³/mol. The van der Waals surface area contributed by atoms with Crippen LogP contribution in [-0.2, 0) is 26.0 Å². The molecule has 0 aliphatic carbocycles. The molecule has 150 valence electrons. The van der Waals surface area contributed by atoms with Gasteiger partial charge in [0.15, 0.2) is 6.10 Å². The van der Waals surface area contributed by atoms with E-state index in [0.29, 0.717) is 5.69 Å². The number of esters is 1. The van der Waals surface area contributed by atoms with Crippen molar-refractivity contribution in [3.05, 3.63) is 59.7 Å². The molecule has 0 fully saturated rings. The van der Waals surface area contributed by atoms with Gasteiger partial charge in [0.1, 0.15) is 0 Å². The highest BCUT2D eigenvalue weighted by molar-refractivity contribution is 7.89. The third-order valence-electron chi connectivity index (χ3n) is 4.15. The SMILES string of the molecule is CCc1ccc(NC(=O)[C@@H](C)OC(=O)c2ccc(S(=O)(=O)N(C)C)cc2)cc1. The van der Waals surface area contributed by atoms with E-state index in [1.165, 1.54) is 45.3 Å². The van der Waals surface area contributed by atoms with Gasteiger partial charge >= 0.3 is 5.97 Å². The van der Waals surface area contributed by atoms with Crippen molar-refractivity contribution in [2.24, 2.45) is 0 Å². The van der Waals surface area contributed by atoms with Crippen LogP contribution in [0.1, 0.15) is 29.8 Å². The molecule has 0 aromatic heterocycles. The zero-order valence-electron chi connectivity index (χ0n) is 16.3. The summed E-state index contributed by atoms with van der Waals surface area (Å²) in [6.45, 7) is 3.51. The lowest BCUT2D eigenvalue weighted by Crippen LogP contribution is -2.30. The number of carbonyl (C=O) groups excluding carboxylic acids is 2. The molecule has 28 heavy (non-hydrogen) atoms. The molecule has 0 spiro atoms. The van der Waals surface area contributed by atoms with E-state index in [2.05, 4.69) is 5.32 Å². The fourth-order valence-electron chi connectivity index (χ4n) is 2.32. The van der Waals surface area contributed by atoms with Crippen molar-refractivity contribution in [3.63, 3.8) is 0 Å². The van der Waals surface area contributed by atoms with Crippen LogP contribution in [0.5, 0.6) is 0 Å². The van der Waals surface area contributed by atoms with Crippen molar-refractivity contribution in [1.82, 2.24) is 4.31 Å². The van der Waals surface area contributed by atoms with Gasteiger partial charge in [0.05, 0.1) is 10.5 Å². The molecular formula is C20H24N2O5S. The predicted octanol–water partition coefficient (Wildman–Crippen LogP) is 2.68. The standard InChI is InChI=1S/C20H24N2O5S/c1-5-15-6-10-17(11-7-15)21-19(23)14(2)27-20(24)16-8-12-18(13-9-16)28(25,26)22(3)4/h6-14H,5H2,1-4H3,(H,21,23)/t14-/m1/s1. The Bertz CT molecular complexity index is 936. The van der Waals surface area contributed by atoms with Gasteiger partial charge in [-0.05, 0) is 55.3 Å². The second kappa shape index (κ2) is 8.99. The van der Waals surface area contributed by atoms with E-state index in [9.17, 15) is 18.0 Å². The minimum atomic E-state index is -3.58. The van der Waals surface area contributed by atoms with Gasteiger partial charge in [-0.1, -0.05) is 19.1 Å². The third kappa shape index (κ3) is 5.17. The van der Waals surface area contributed by atoms with Crippen molar-refractivity contribution < 1.29 is 22.7 Å². The second-order valence-corrected chi connectivity index (χ2v) is 8.55. The van der Waals surface area contributed by atoms with E-state index < -0.39 is 28.0 Å². The number of carbonyl (C=O) groups is 2. The molecule has 1 N–H and O–H groups in total. The molecule has 2 rings (SSSR count). The van der Waals surface area contributed by atoms with Crippen LogP contribution in [0, 0.1) is 0 Å². The Hall–Kier alpha value is -2.71. The average Bonchev–Trinajstić information content (AvgIpc) is 2.68. The zero-order chi connectivity index (χ0) is 20.9. The Kier molecular flexibility index (Phi) is 6.93. The van der Waals surface area contributed by atoms with E-state index >= 15 is 0 Å². The van der Waals surface area contributed by atoms with Crippen molar-refractivity contribution in [1.29, 1.82) is 0 Å². The number of amides is 1. The van der Waals surface area contributed by atoms with Crippen LogP contribution in [0.15, 0.2) is 53.4 Å². The molecule has 0 saturated carbocycles. The first-order valence-corrected chi connectivity index (χ1v) is 10.2. The minimum Gasteiger partial charge on any atom is -0.449 e. The Balaban J connectivity index is 2.00. The number of rotatable bonds is 7. The maximum atomic E-state index is 12.2. The Morgan fingerprint density at radius 3 is 2.11 bits per heavy atom. The van der Waals surface area contributed by atoms with E-state index in [0.717, 1.165) is 16.3 Å². The van der Waals surface area contributed by atoms with Gasteiger partial charge in [0.25, 0.3) is 5.91 Å². The second-order valence-electron chi connectivity index (χ2n) is 6.40. The van der Waals surface area contributed by atoms with Crippen molar-refractivity contribution in [2.75, 3.05) is 19.4 Å². The van der Waals surface area contributed by atoms with Gasteiger partial charge < -0.3 is 10.1 Å². The lowest BCUT2D eigenvalue weighted by molar-refractivity contribution is -0.123. The summed E-state index contributed by atoms with van der Waals surface area (Å²) in [5.41, 5.74) is 1.92. The smallest absolute Gasteiger partial charge is 0.338 e. The van der Waals surface area contributed by atoms with Gasteiger partial charge in [-0.25, -0.2) is 17.5 Å². The highest BCUT2D eigenvalue weighted by Crippen LogP contribution is 2.15. The number of anilines is 1. The fourth-order valence-corrected chi connectivity index (χ4v) is 3.23. The number of nitrogens with zero attached hydrogens (tertiary/aromatic N) is 1. The first kappa shape index (κ1) is 21.6. The van der Waals surface area contributed by atoms with Gasteiger partial charge in [0, 0.05) is 19.8 Å². The lowest BCUT2D eigenvalue weighted by Gasteiger charge is -2.14. The Morgan fingerprint density at radius 1 is 1.04 bits per heavy atom. The number of sulfonamides is 1. The molecule has 8 heteroatoms. The molecule has 0 aliphatic rings. The van der Waals surface area contributed by atoms with Crippen molar-refractivity contribution in [3.8, 4) is 0 Å². The monoisotopic (exact) mass is 404 g/mol. The van der Waals surface area contributed by atoms with Crippen LogP contribution in [0.3, 0.4) is 0 Å². The fraction of sp³-hybridized carbons (Fsp3) is 0.300. The first-order valence-electron chi connectivity index (χ1n) is 8.78. The molecule has 2 aromatic rings. The quantitative estimate of drug-likeness (QED) is 0.716. The van der Waals surface area contributed by atoms with Crippen LogP contribution in [0.25, 0.3) is 0 Å². The normalized spacial score (nSPS) is 12.5. The number of nitrogens with one attached hydrogen (secondary N) is 1. The van der Waals surface area contributed by atoms with Gasteiger partial charge in [-0.2, -0.15) is 0 Å². The van der Waals surface area contributed by atoms with Crippen LogP contribution in [0.2, 0.25) is 0 Å². The highest BCUT2D eigenvalue weighted by atomic mass is 32.2. The van der Waals surface area contributed by atoms with Gasteiger partial charge in [-0.3, -0.25) is 4.79 Å². The van der Waals surface area contributed by atoms with Crippen LogP contribution >= 0.6 is 0 Å². The number of ether oxygens (including phenoxy) is 1. The summed E-state index contributed by atoms with van der Waals surface area (Å²) in [5, 5.41) is 2.69. The summed E-state index contributed by atoms with van der Waals surface area (Å²) in [6, 6.07) is 12.8. The highest BCUT2D eigenvalue weighted by Gasteiger charge is 2.21. The lowest BCUT2D eigenvalue weighted by atomic mass is 10.1. The summed E-state index contributed by atoms with van der Waals surface area (Å²) in [4.78, 5) is 24.5. The first-order chi connectivity index (χ1) is 13.1. The molecule has 7 nitrogen and oxygen atoms in total. The Morgan fingerprint density at radius 2 is 1.61 bits per heavy atom. The van der Waals surface area contributed by atoms with Crippen LogP contribution in [0.4, 0.5) is 5.69 Å². The van der Waals surface area contributed by atoms with Crippen molar-refractivity contribution >= 4 is 27.6 Å². The minimum absolute atomic E-state index is 0.0652. The summed E-state index contributed by atoms with van der Waals surface area (Å²) >= 11 is 0. The Labute approximate surface area is 165 Å². The van der Waals surface area contributed by atoms with E-state index in [1.807, 2.05) is 19.1 Å². The molecule has 0 unspecified atom stereocenters. The van der Waals surface area contributed by atoms with E-state index in [-0.39, 0.29) is 10.5 Å². The molecule has 0 saturated heterocycles. The summed E-state index contributed by atoms with van der Waals surface area (Å²) in [6.07, 6.45) is -0.111. The van der Waals surface area contributed by atoms with Crippen molar-refractivity contribution in [2.45, 2.75) is 31.3 Å². The molecule has 0 aliphatic heterocycles. The zero-order valence-corrected chi connectivity index (χ0v) is 17.1. The number of aryl methyl sites for hydroxylation is 1. The number of benzene rings is 2. The molecule has 1 amide bonds. The summed E-state index contributed by atoms with van der Waals surface area (Å²) < 4.78 is 30.4. The molecule has 2 aromatic carbocycles. The van der Waals surface area contributed by atoms with Crippen LogP contribution in [-0.4, -0.2) is 44.8 Å². The number of hydrogen-bond donors (Lipinski definition) is 1. The van der Waals surface area contributed by atoms with Gasteiger partial charge in [0.2, 0.25) is 10.0 Å². The third-order valence-corrected chi connectivity index (χ3v) is 5.98. The average molecular weight is 404 g/mol. The summed E-state index contributed by atoms with van der Waals surface area (Å²) in [7, 11) is -0.730. The van der Waals surface area contributed by atoms with E-state index in [1.54, 1.807) is 12.1 Å². The molecule has 0 bridgehead atoms. The van der Waals surface area contributed by atoms with Crippen LogP contribution < -0.4 is 5.32 Å². The summed E-state index contributed by atoms with van der Waals surface area (Å²) in [5.74, 6) is -1.16. The maximum Gasteiger partial charge on any atom is 0.338 e. The molecule has 0 radical (unpaired) electrons. The van der Waals surface area contributed by atoms with E-state index in [4.69, 9.17) is 4.74 Å². The maximum absolute atomic E-state index is 12.2. The number of hydrogen-bond acceptors (Lipinski definition) is 5.